The minimum atomic E-state index is 0. The average Bonchev–Trinajstić information content (AvgIpc) is 3.03. The third-order valence-corrected chi connectivity index (χ3v) is 6.17. The zero-order chi connectivity index (χ0) is 17.4. The molecule has 3 rings (SSSR count). The Morgan fingerprint density at radius 2 is 1.92 bits per heavy atom. The Morgan fingerprint density at radius 3 is 2.56 bits per heavy atom. The molecular formula is C18H35IN4O2. The van der Waals surface area contributed by atoms with Gasteiger partial charge in [-0.2, -0.15) is 0 Å². The van der Waals surface area contributed by atoms with Gasteiger partial charge in [0.25, 0.3) is 0 Å². The second kappa shape index (κ2) is 8.27. The first-order chi connectivity index (χ1) is 11.4. The van der Waals surface area contributed by atoms with E-state index in [0.717, 1.165) is 51.8 Å². The smallest absolute Gasteiger partial charge is 0.191 e. The molecule has 2 saturated heterocycles. The highest BCUT2D eigenvalue weighted by atomic mass is 127. The van der Waals surface area contributed by atoms with Crippen LogP contribution in [0.25, 0.3) is 0 Å². The van der Waals surface area contributed by atoms with Crippen molar-refractivity contribution in [2.24, 2.45) is 16.3 Å². The van der Waals surface area contributed by atoms with E-state index in [1.807, 2.05) is 7.05 Å². The van der Waals surface area contributed by atoms with E-state index < -0.39 is 0 Å². The summed E-state index contributed by atoms with van der Waals surface area (Å²) in [5.74, 6) is 1.52. The Morgan fingerprint density at radius 1 is 1.24 bits per heavy atom. The molecule has 3 fully saturated rings. The summed E-state index contributed by atoms with van der Waals surface area (Å²) in [6.45, 7) is 14.6. The van der Waals surface area contributed by atoms with Crippen LogP contribution in [-0.4, -0.2) is 75.0 Å². The maximum atomic E-state index is 5.89. The molecule has 0 spiro atoms. The molecule has 2 aliphatic heterocycles. The highest BCUT2D eigenvalue weighted by Crippen LogP contribution is 2.52. The van der Waals surface area contributed by atoms with Gasteiger partial charge in [-0.15, -0.1) is 24.0 Å². The summed E-state index contributed by atoms with van der Waals surface area (Å²) in [7, 11) is 1.85. The van der Waals surface area contributed by atoms with Crippen LogP contribution in [0.3, 0.4) is 0 Å². The number of hydrogen-bond acceptors (Lipinski definition) is 4. The summed E-state index contributed by atoms with van der Waals surface area (Å²) in [4.78, 5) is 6.94. The largest absolute Gasteiger partial charge is 0.379 e. The van der Waals surface area contributed by atoms with Crippen LogP contribution < -0.4 is 10.6 Å². The number of nitrogens with one attached hydrogen (secondary N) is 2. The van der Waals surface area contributed by atoms with E-state index in [4.69, 9.17) is 9.47 Å². The van der Waals surface area contributed by atoms with Crippen LogP contribution in [0.2, 0.25) is 0 Å². The second-order valence-electron chi connectivity index (χ2n) is 8.52. The Hall–Kier alpha value is -0.120. The molecule has 0 aromatic heterocycles. The lowest BCUT2D eigenvalue weighted by Crippen LogP contribution is -2.68. The van der Waals surface area contributed by atoms with E-state index in [0.29, 0.717) is 18.1 Å². The van der Waals surface area contributed by atoms with Gasteiger partial charge in [-0.3, -0.25) is 9.89 Å². The predicted octanol–water partition coefficient (Wildman–Crippen LogP) is 1.69. The van der Waals surface area contributed by atoms with Gasteiger partial charge in [0.1, 0.15) is 0 Å². The van der Waals surface area contributed by atoms with Crippen molar-refractivity contribution < 1.29 is 9.47 Å². The molecule has 3 aliphatic rings. The lowest BCUT2D eigenvalue weighted by molar-refractivity contribution is -0.106. The molecule has 1 saturated carbocycles. The monoisotopic (exact) mass is 466 g/mol. The van der Waals surface area contributed by atoms with Gasteiger partial charge in [0.05, 0.1) is 19.3 Å². The van der Waals surface area contributed by atoms with Crippen molar-refractivity contribution in [2.75, 3.05) is 46.5 Å². The first-order valence-electron chi connectivity index (χ1n) is 9.28. The van der Waals surface area contributed by atoms with E-state index in [1.54, 1.807) is 0 Å². The normalized spacial score (nSPS) is 32.4. The minimum absolute atomic E-state index is 0. The fraction of sp³-hybridized carbons (Fsp3) is 0.944. The minimum Gasteiger partial charge on any atom is -0.379 e. The molecule has 3 atom stereocenters. The standard InChI is InChI=1S/C18H34N4O2.HI/c1-17(2,22-7-10-23-11-8-22)12-20-16(19-5)21-14-13-6-9-24-15(13)18(14,3)4;/h13-15H,6-12H2,1-5H3,(H2,19,20,21);1H. The summed E-state index contributed by atoms with van der Waals surface area (Å²) < 4.78 is 11.4. The number of nitrogens with zero attached hydrogens (tertiary/aromatic N) is 2. The summed E-state index contributed by atoms with van der Waals surface area (Å²) >= 11 is 0. The zero-order valence-corrected chi connectivity index (χ0v) is 18.6. The van der Waals surface area contributed by atoms with Crippen molar-refractivity contribution in [1.29, 1.82) is 0 Å². The van der Waals surface area contributed by atoms with Crippen molar-refractivity contribution in [3.8, 4) is 0 Å². The van der Waals surface area contributed by atoms with Crippen LogP contribution in [-0.2, 0) is 9.47 Å². The second-order valence-corrected chi connectivity index (χ2v) is 8.52. The van der Waals surface area contributed by atoms with Crippen molar-refractivity contribution in [2.45, 2.75) is 51.8 Å². The van der Waals surface area contributed by atoms with E-state index in [1.165, 1.54) is 0 Å². The first-order valence-corrected chi connectivity index (χ1v) is 9.28. The molecule has 3 unspecified atom stereocenters. The molecule has 0 bridgehead atoms. The van der Waals surface area contributed by atoms with Gasteiger partial charge >= 0.3 is 0 Å². The number of rotatable bonds is 4. The summed E-state index contributed by atoms with van der Waals surface area (Å²) in [5, 5.41) is 7.20. The lowest BCUT2D eigenvalue weighted by atomic mass is 9.57. The summed E-state index contributed by atoms with van der Waals surface area (Å²) in [6.07, 6.45) is 1.56. The zero-order valence-electron chi connectivity index (χ0n) is 16.3. The Kier molecular flexibility index (Phi) is 7.01. The van der Waals surface area contributed by atoms with Crippen LogP contribution in [0.1, 0.15) is 34.1 Å². The maximum Gasteiger partial charge on any atom is 0.191 e. The van der Waals surface area contributed by atoms with E-state index in [9.17, 15) is 0 Å². The van der Waals surface area contributed by atoms with Gasteiger partial charge in [-0.05, 0) is 20.3 Å². The molecule has 7 heteroatoms. The molecule has 0 aromatic carbocycles. The molecular weight excluding hydrogens is 431 g/mol. The molecule has 25 heavy (non-hydrogen) atoms. The van der Waals surface area contributed by atoms with Gasteiger partial charge in [0.2, 0.25) is 0 Å². The van der Waals surface area contributed by atoms with Gasteiger partial charge in [0.15, 0.2) is 5.96 Å². The van der Waals surface area contributed by atoms with E-state index in [2.05, 4.69) is 48.2 Å². The van der Waals surface area contributed by atoms with Crippen LogP contribution >= 0.6 is 24.0 Å². The molecule has 146 valence electrons. The number of morpholine rings is 1. The number of fused-ring (bicyclic) bond motifs is 1. The quantitative estimate of drug-likeness (QED) is 0.375. The Balaban J connectivity index is 0.00000225. The van der Waals surface area contributed by atoms with Gasteiger partial charge in [-0.25, -0.2) is 0 Å². The third kappa shape index (κ3) is 4.25. The van der Waals surface area contributed by atoms with Crippen molar-refractivity contribution in [3.63, 3.8) is 0 Å². The van der Waals surface area contributed by atoms with Crippen LogP contribution in [0.15, 0.2) is 4.99 Å². The summed E-state index contributed by atoms with van der Waals surface area (Å²) in [5.41, 5.74) is 0.244. The highest BCUT2D eigenvalue weighted by Gasteiger charge is 2.59. The van der Waals surface area contributed by atoms with Gasteiger partial charge in [-0.1, -0.05) is 13.8 Å². The van der Waals surface area contributed by atoms with E-state index in [-0.39, 0.29) is 34.9 Å². The average molecular weight is 466 g/mol. The van der Waals surface area contributed by atoms with E-state index >= 15 is 0 Å². The topological polar surface area (TPSA) is 58.1 Å². The SMILES string of the molecule is CN=C(NCC(C)(C)N1CCOCC1)NC1C2CCOC2C1(C)C.I. The van der Waals surface area contributed by atoms with Gasteiger partial charge < -0.3 is 20.1 Å². The summed E-state index contributed by atoms with van der Waals surface area (Å²) in [6, 6.07) is 0.433. The fourth-order valence-electron chi connectivity index (χ4n) is 4.54. The number of halogens is 1. The number of hydrogen-bond donors (Lipinski definition) is 2. The van der Waals surface area contributed by atoms with Crippen molar-refractivity contribution in [1.82, 2.24) is 15.5 Å². The fourth-order valence-corrected chi connectivity index (χ4v) is 4.54. The molecule has 0 radical (unpaired) electrons. The first kappa shape index (κ1) is 21.2. The predicted molar refractivity (Wildman–Crippen MR) is 112 cm³/mol. The Bertz CT molecular complexity index is 478. The van der Waals surface area contributed by atoms with Crippen LogP contribution in [0.5, 0.6) is 0 Å². The van der Waals surface area contributed by atoms with Crippen LogP contribution in [0.4, 0.5) is 0 Å². The van der Waals surface area contributed by atoms with Gasteiger partial charge in [0, 0.05) is 56.2 Å². The Labute approximate surface area is 169 Å². The molecule has 1 aliphatic carbocycles. The lowest BCUT2D eigenvalue weighted by Gasteiger charge is -2.55. The number of aliphatic imine (C=N–C) groups is 1. The highest BCUT2D eigenvalue weighted by molar-refractivity contribution is 14.0. The molecule has 0 amide bonds. The molecule has 0 aromatic rings. The maximum absolute atomic E-state index is 5.89. The third-order valence-electron chi connectivity index (χ3n) is 6.17. The van der Waals surface area contributed by atoms with Crippen LogP contribution in [0, 0.1) is 11.3 Å². The van der Waals surface area contributed by atoms with Crippen molar-refractivity contribution in [3.05, 3.63) is 0 Å². The molecule has 2 heterocycles. The number of ether oxygens (including phenoxy) is 2. The molecule has 6 nitrogen and oxygen atoms in total. The molecule has 2 N–H and O–H groups in total. The number of guanidine groups is 1. The van der Waals surface area contributed by atoms with Crippen molar-refractivity contribution >= 4 is 29.9 Å².